The zero-order valence-corrected chi connectivity index (χ0v) is 7.82. The first-order valence-corrected chi connectivity index (χ1v) is 4.70. The number of thiol groups is 2. The van der Waals surface area contributed by atoms with Crippen molar-refractivity contribution in [1.29, 1.82) is 0 Å². The molecule has 0 aromatic rings. The minimum absolute atomic E-state index is 0.844. The third kappa shape index (κ3) is 8.18. The molecule has 0 unspecified atom stereocenters. The molecule has 0 bridgehead atoms. The van der Waals surface area contributed by atoms with Crippen molar-refractivity contribution >= 4 is 25.3 Å². The number of unbranched alkanes of at least 4 members (excludes halogenated alkanes) is 1. The summed E-state index contributed by atoms with van der Waals surface area (Å²) in [4.78, 5) is 0. The Hall–Kier alpha value is 0.180. The topological polar surface area (TPSA) is 0 Å². The fraction of sp³-hybridized carbons (Fsp3) is 0.500. The van der Waals surface area contributed by atoms with Crippen molar-refractivity contribution in [1.82, 2.24) is 0 Å². The molecule has 0 spiro atoms. The lowest BCUT2D eigenvalue weighted by molar-refractivity contribution is 1.05. The fourth-order valence-corrected chi connectivity index (χ4v) is 0.875. The molecule has 10 heavy (non-hydrogen) atoms. The second kappa shape index (κ2) is 9.18. The summed E-state index contributed by atoms with van der Waals surface area (Å²) in [6.45, 7) is 0. The van der Waals surface area contributed by atoms with Gasteiger partial charge in [-0.2, -0.15) is 25.3 Å². The van der Waals surface area contributed by atoms with Crippen molar-refractivity contribution in [3.63, 3.8) is 0 Å². The van der Waals surface area contributed by atoms with Crippen LogP contribution in [0.3, 0.4) is 0 Å². The van der Waals surface area contributed by atoms with E-state index in [1.807, 2.05) is 0 Å². The molecule has 0 fully saturated rings. The molecule has 0 atom stereocenters. The summed E-state index contributed by atoms with van der Waals surface area (Å²) < 4.78 is 0. The lowest BCUT2D eigenvalue weighted by Crippen LogP contribution is -1.67. The van der Waals surface area contributed by atoms with Gasteiger partial charge in [0.2, 0.25) is 0 Å². The van der Waals surface area contributed by atoms with Crippen LogP contribution >= 0.6 is 25.3 Å². The van der Waals surface area contributed by atoms with Crippen LogP contribution < -0.4 is 0 Å². The average molecular weight is 174 g/mol. The Kier molecular flexibility index (Phi) is 9.35. The van der Waals surface area contributed by atoms with E-state index in [9.17, 15) is 0 Å². The van der Waals surface area contributed by atoms with E-state index in [-0.39, 0.29) is 0 Å². The molecule has 0 rings (SSSR count). The zero-order valence-electron chi connectivity index (χ0n) is 6.03. The molecule has 0 saturated heterocycles. The number of hydrogen-bond donors (Lipinski definition) is 2. The summed E-state index contributed by atoms with van der Waals surface area (Å²) in [5.74, 6) is 1.69. The van der Waals surface area contributed by atoms with Gasteiger partial charge in [0.1, 0.15) is 0 Å². The Morgan fingerprint density at radius 1 is 0.700 bits per heavy atom. The molecule has 0 N–H and O–H groups in total. The van der Waals surface area contributed by atoms with E-state index < -0.39 is 0 Å². The van der Waals surface area contributed by atoms with Crippen molar-refractivity contribution in [2.75, 3.05) is 11.5 Å². The second-order valence-electron chi connectivity index (χ2n) is 1.89. The molecule has 0 aromatic heterocycles. The molecule has 0 nitrogen and oxygen atoms in total. The van der Waals surface area contributed by atoms with Crippen LogP contribution in [0.15, 0.2) is 24.3 Å². The Bertz CT molecular complexity index is 91.8. The summed E-state index contributed by atoms with van der Waals surface area (Å²) in [5, 5.41) is 0. The smallest absolute Gasteiger partial charge is 0.00825 e. The van der Waals surface area contributed by atoms with Gasteiger partial charge in [-0.1, -0.05) is 24.3 Å². The Morgan fingerprint density at radius 2 is 1.10 bits per heavy atom. The molecule has 58 valence electrons. The molecule has 0 amide bonds. The first-order valence-electron chi connectivity index (χ1n) is 3.43. The van der Waals surface area contributed by atoms with Crippen LogP contribution in [-0.4, -0.2) is 11.5 Å². The SMILES string of the molecule is SC/C=C/CC/C=C/CS. The van der Waals surface area contributed by atoms with E-state index in [0.717, 1.165) is 24.3 Å². The van der Waals surface area contributed by atoms with E-state index in [1.165, 1.54) is 0 Å². The summed E-state index contributed by atoms with van der Waals surface area (Å²) in [6.07, 6.45) is 10.7. The van der Waals surface area contributed by atoms with E-state index in [2.05, 4.69) is 49.6 Å². The summed E-state index contributed by atoms with van der Waals surface area (Å²) in [7, 11) is 0. The third-order valence-corrected chi connectivity index (χ3v) is 1.47. The van der Waals surface area contributed by atoms with Gasteiger partial charge in [0.25, 0.3) is 0 Å². The molecule has 0 heterocycles. The van der Waals surface area contributed by atoms with Crippen LogP contribution in [-0.2, 0) is 0 Å². The summed E-state index contributed by atoms with van der Waals surface area (Å²) >= 11 is 8.09. The Balaban J connectivity index is 3.04. The minimum Gasteiger partial charge on any atom is -0.175 e. The highest BCUT2D eigenvalue weighted by atomic mass is 32.1. The van der Waals surface area contributed by atoms with Gasteiger partial charge in [0.05, 0.1) is 0 Å². The fourth-order valence-electron chi connectivity index (χ4n) is 0.577. The van der Waals surface area contributed by atoms with Crippen LogP contribution in [0.4, 0.5) is 0 Å². The maximum Gasteiger partial charge on any atom is 0.00825 e. The average Bonchev–Trinajstić information content (AvgIpc) is 1.97. The highest BCUT2D eigenvalue weighted by molar-refractivity contribution is 7.80. The van der Waals surface area contributed by atoms with Gasteiger partial charge in [0.15, 0.2) is 0 Å². The molecule has 0 aromatic carbocycles. The van der Waals surface area contributed by atoms with Crippen molar-refractivity contribution in [3.8, 4) is 0 Å². The Morgan fingerprint density at radius 3 is 1.40 bits per heavy atom. The van der Waals surface area contributed by atoms with Crippen molar-refractivity contribution in [3.05, 3.63) is 24.3 Å². The van der Waals surface area contributed by atoms with Crippen molar-refractivity contribution in [2.24, 2.45) is 0 Å². The van der Waals surface area contributed by atoms with Gasteiger partial charge in [-0.3, -0.25) is 0 Å². The maximum absolute atomic E-state index is 4.05. The van der Waals surface area contributed by atoms with E-state index in [4.69, 9.17) is 0 Å². The summed E-state index contributed by atoms with van der Waals surface area (Å²) in [6, 6.07) is 0. The predicted octanol–water partition coefficient (Wildman–Crippen LogP) is 2.74. The summed E-state index contributed by atoms with van der Waals surface area (Å²) in [5.41, 5.74) is 0. The molecular weight excluding hydrogens is 160 g/mol. The van der Waals surface area contributed by atoms with Crippen LogP contribution in [0.25, 0.3) is 0 Å². The highest BCUT2D eigenvalue weighted by Gasteiger charge is 1.74. The van der Waals surface area contributed by atoms with Gasteiger partial charge >= 0.3 is 0 Å². The number of hydrogen-bond acceptors (Lipinski definition) is 2. The molecule has 0 radical (unpaired) electrons. The lowest BCUT2D eigenvalue weighted by atomic mass is 10.3. The van der Waals surface area contributed by atoms with Gasteiger partial charge in [-0.15, -0.1) is 0 Å². The molecule has 0 saturated carbocycles. The maximum atomic E-state index is 4.05. The molecular formula is C8H14S2. The molecule has 0 aliphatic carbocycles. The normalized spacial score (nSPS) is 11.8. The van der Waals surface area contributed by atoms with Crippen LogP contribution in [0.5, 0.6) is 0 Å². The van der Waals surface area contributed by atoms with Crippen LogP contribution in [0.1, 0.15) is 12.8 Å². The molecule has 0 aliphatic rings. The predicted molar refractivity (Wildman–Crippen MR) is 55.2 cm³/mol. The largest absolute Gasteiger partial charge is 0.175 e. The molecule has 2 heteroatoms. The third-order valence-electron chi connectivity index (χ3n) is 1.04. The van der Waals surface area contributed by atoms with Gasteiger partial charge < -0.3 is 0 Å². The Labute approximate surface area is 74.2 Å². The van der Waals surface area contributed by atoms with Crippen molar-refractivity contribution < 1.29 is 0 Å². The van der Waals surface area contributed by atoms with E-state index >= 15 is 0 Å². The quantitative estimate of drug-likeness (QED) is 0.357. The van der Waals surface area contributed by atoms with Crippen LogP contribution in [0, 0.1) is 0 Å². The van der Waals surface area contributed by atoms with Crippen molar-refractivity contribution in [2.45, 2.75) is 12.8 Å². The lowest BCUT2D eigenvalue weighted by Gasteiger charge is -1.84. The monoisotopic (exact) mass is 174 g/mol. The van der Waals surface area contributed by atoms with Gasteiger partial charge in [-0.05, 0) is 12.8 Å². The minimum atomic E-state index is 0.844. The van der Waals surface area contributed by atoms with Crippen LogP contribution in [0.2, 0.25) is 0 Å². The number of rotatable bonds is 5. The first-order chi connectivity index (χ1) is 4.91. The van der Waals surface area contributed by atoms with Gasteiger partial charge in [-0.25, -0.2) is 0 Å². The second-order valence-corrected chi connectivity index (χ2v) is 2.62. The standard InChI is InChI=1S/C8H14S2/c9-7-5-3-1-2-4-6-8-10/h3-6,9-10H,1-2,7-8H2/b5-3+,6-4+. The number of allylic oxidation sites excluding steroid dienone is 2. The van der Waals surface area contributed by atoms with E-state index in [1.54, 1.807) is 0 Å². The molecule has 0 aliphatic heterocycles. The van der Waals surface area contributed by atoms with Gasteiger partial charge in [0, 0.05) is 11.5 Å². The zero-order chi connectivity index (χ0) is 7.66. The first kappa shape index (κ1) is 10.2. The highest BCUT2D eigenvalue weighted by Crippen LogP contribution is 1.93. The van der Waals surface area contributed by atoms with E-state index in [0.29, 0.717) is 0 Å².